The Morgan fingerprint density at radius 2 is 2.17 bits per heavy atom. The lowest BCUT2D eigenvalue weighted by Gasteiger charge is -2.02. The first-order valence-corrected chi connectivity index (χ1v) is 8.10. The van der Waals surface area contributed by atoms with Crippen molar-refractivity contribution in [2.75, 3.05) is 5.43 Å². The highest BCUT2D eigenvalue weighted by molar-refractivity contribution is 7.18. The zero-order valence-electron chi connectivity index (χ0n) is 12.8. The Labute approximate surface area is 146 Å². The van der Waals surface area contributed by atoms with E-state index in [1.165, 1.54) is 35.6 Å². The van der Waals surface area contributed by atoms with Gasteiger partial charge in [0.1, 0.15) is 11.2 Å². The molecule has 0 aliphatic carbocycles. The number of hydrazone groups is 1. The van der Waals surface area contributed by atoms with Crippen LogP contribution in [0.1, 0.15) is 16.0 Å². The van der Waals surface area contributed by atoms with Gasteiger partial charge in [0, 0.05) is 27.6 Å². The van der Waals surface area contributed by atoms with Crippen molar-refractivity contribution in [2.45, 2.75) is 13.8 Å². The number of fused-ring (bicyclic) bond motifs is 1. The molecule has 122 valence electrons. The highest BCUT2D eigenvalue weighted by atomic mass is 35.5. The van der Waals surface area contributed by atoms with Crippen molar-refractivity contribution in [1.29, 1.82) is 0 Å². The fourth-order valence-electron chi connectivity index (χ4n) is 2.17. The van der Waals surface area contributed by atoms with Crippen molar-refractivity contribution in [3.8, 4) is 0 Å². The Balaban J connectivity index is 1.90. The number of nitrogens with zero attached hydrogens (tertiary/aromatic N) is 4. The van der Waals surface area contributed by atoms with Crippen LogP contribution in [-0.2, 0) is 0 Å². The second kappa shape index (κ2) is 6.50. The number of aromatic nitrogens is 2. The van der Waals surface area contributed by atoms with E-state index in [1.807, 2.05) is 13.8 Å². The largest absolute Gasteiger partial charge is 0.270 e. The van der Waals surface area contributed by atoms with Crippen molar-refractivity contribution in [3.63, 3.8) is 0 Å². The summed E-state index contributed by atoms with van der Waals surface area (Å²) in [5.74, 6) is 0.583. The molecule has 0 saturated heterocycles. The monoisotopic (exact) mass is 361 g/mol. The molecule has 24 heavy (non-hydrogen) atoms. The number of thiophene rings is 1. The minimum Gasteiger partial charge on any atom is -0.261 e. The van der Waals surface area contributed by atoms with E-state index >= 15 is 0 Å². The van der Waals surface area contributed by atoms with Gasteiger partial charge in [-0.25, -0.2) is 9.97 Å². The van der Waals surface area contributed by atoms with Crippen LogP contribution in [0.3, 0.4) is 0 Å². The van der Waals surface area contributed by atoms with Gasteiger partial charge in [0.15, 0.2) is 5.82 Å². The van der Waals surface area contributed by atoms with Crippen molar-refractivity contribution in [1.82, 2.24) is 9.97 Å². The van der Waals surface area contributed by atoms with Crippen molar-refractivity contribution in [2.24, 2.45) is 5.10 Å². The molecule has 0 unspecified atom stereocenters. The summed E-state index contributed by atoms with van der Waals surface area (Å²) in [5, 5.41) is 16.2. The van der Waals surface area contributed by atoms with Gasteiger partial charge in [-0.15, -0.1) is 11.3 Å². The highest BCUT2D eigenvalue weighted by Gasteiger charge is 2.11. The van der Waals surface area contributed by atoms with E-state index in [9.17, 15) is 10.1 Å². The summed E-state index contributed by atoms with van der Waals surface area (Å²) in [6, 6.07) is 4.18. The normalized spacial score (nSPS) is 11.3. The van der Waals surface area contributed by atoms with Crippen LogP contribution in [0.15, 0.2) is 29.6 Å². The third-order valence-corrected chi connectivity index (χ3v) is 4.99. The number of nitrogens with one attached hydrogen (secondary N) is 1. The fraction of sp³-hybridized carbons (Fsp3) is 0.133. The molecule has 0 amide bonds. The first kappa shape index (κ1) is 16.3. The van der Waals surface area contributed by atoms with E-state index in [0.29, 0.717) is 16.4 Å². The number of halogens is 1. The molecule has 0 aliphatic rings. The zero-order chi connectivity index (χ0) is 17.3. The molecule has 0 spiro atoms. The van der Waals surface area contributed by atoms with Gasteiger partial charge in [-0.1, -0.05) is 11.6 Å². The Hall–Kier alpha value is -2.58. The SMILES string of the molecule is Cc1sc2ncnc(N/N=C\c3cc([N+](=O)[O-])ccc3Cl)c2c1C. The van der Waals surface area contributed by atoms with Gasteiger partial charge in [-0.05, 0) is 25.5 Å². The Bertz CT molecular complexity index is 970. The molecule has 2 heterocycles. The Morgan fingerprint density at radius 1 is 1.38 bits per heavy atom. The third kappa shape index (κ3) is 3.06. The minimum absolute atomic E-state index is 0.0467. The van der Waals surface area contributed by atoms with Gasteiger partial charge in [-0.3, -0.25) is 15.5 Å². The molecule has 0 aliphatic heterocycles. The molecular formula is C15H12ClN5O2S. The second-order valence-corrected chi connectivity index (χ2v) is 6.63. The minimum atomic E-state index is -0.480. The molecule has 0 fully saturated rings. The molecule has 1 N–H and O–H groups in total. The summed E-state index contributed by atoms with van der Waals surface area (Å²) in [4.78, 5) is 20.9. The fourth-order valence-corrected chi connectivity index (χ4v) is 3.34. The van der Waals surface area contributed by atoms with Crippen LogP contribution in [-0.4, -0.2) is 21.1 Å². The highest BCUT2D eigenvalue weighted by Crippen LogP contribution is 2.32. The van der Waals surface area contributed by atoms with Crippen LogP contribution in [0.25, 0.3) is 10.2 Å². The van der Waals surface area contributed by atoms with Gasteiger partial charge in [0.05, 0.1) is 16.5 Å². The molecular weight excluding hydrogens is 350 g/mol. The lowest BCUT2D eigenvalue weighted by Crippen LogP contribution is -1.96. The van der Waals surface area contributed by atoms with Gasteiger partial charge in [-0.2, -0.15) is 5.10 Å². The number of nitro groups is 1. The first-order chi connectivity index (χ1) is 11.5. The van der Waals surface area contributed by atoms with Crippen LogP contribution in [0.5, 0.6) is 0 Å². The number of anilines is 1. The standard InChI is InChI=1S/C15H12ClN5O2S/c1-8-9(2)24-15-13(8)14(17-7-18-15)20-19-6-10-5-11(21(22)23)3-4-12(10)16/h3-7H,1-2H3,(H,17,18,20)/b19-6-. The molecule has 3 aromatic rings. The molecule has 0 bridgehead atoms. The molecule has 0 radical (unpaired) electrons. The summed E-state index contributed by atoms with van der Waals surface area (Å²) in [6.07, 6.45) is 2.90. The number of non-ortho nitro benzene ring substituents is 1. The van der Waals surface area contributed by atoms with Crippen LogP contribution in [0.4, 0.5) is 11.5 Å². The quantitative estimate of drug-likeness (QED) is 0.424. The number of benzene rings is 1. The lowest BCUT2D eigenvalue weighted by molar-refractivity contribution is -0.384. The molecule has 7 nitrogen and oxygen atoms in total. The van der Waals surface area contributed by atoms with E-state index in [1.54, 1.807) is 11.3 Å². The lowest BCUT2D eigenvalue weighted by atomic mass is 10.2. The Morgan fingerprint density at radius 3 is 2.92 bits per heavy atom. The summed E-state index contributed by atoms with van der Waals surface area (Å²) in [7, 11) is 0. The number of hydrogen-bond acceptors (Lipinski definition) is 7. The average molecular weight is 362 g/mol. The van der Waals surface area contributed by atoms with Gasteiger partial charge in [0.2, 0.25) is 0 Å². The van der Waals surface area contributed by atoms with Crippen LogP contribution >= 0.6 is 22.9 Å². The van der Waals surface area contributed by atoms with E-state index in [0.717, 1.165) is 15.8 Å². The average Bonchev–Trinajstić information content (AvgIpc) is 2.84. The van der Waals surface area contributed by atoms with Crippen molar-refractivity contribution in [3.05, 3.63) is 55.7 Å². The second-order valence-electron chi connectivity index (χ2n) is 5.02. The first-order valence-electron chi connectivity index (χ1n) is 6.91. The summed E-state index contributed by atoms with van der Waals surface area (Å²) in [6.45, 7) is 4.03. The maximum absolute atomic E-state index is 10.8. The van der Waals surface area contributed by atoms with Gasteiger partial charge in [0.25, 0.3) is 5.69 Å². The maximum Gasteiger partial charge on any atom is 0.270 e. The number of rotatable bonds is 4. The summed E-state index contributed by atoms with van der Waals surface area (Å²) < 4.78 is 0. The predicted molar refractivity (Wildman–Crippen MR) is 96.2 cm³/mol. The summed E-state index contributed by atoms with van der Waals surface area (Å²) >= 11 is 7.63. The van der Waals surface area contributed by atoms with Crippen LogP contribution in [0.2, 0.25) is 5.02 Å². The topological polar surface area (TPSA) is 93.3 Å². The Kier molecular flexibility index (Phi) is 4.41. The molecule has 3 rings (SSSR count). The number of hydrogen-bond donors (Lipinski definition) is 1. The van der Waals surface area contributed by atoms with E-state index in [2.05, 4.69) is 20.5 Å². The molecule has 9 heteroatoms. The molecule has 0 atom stereocenters. The predicted octanol–water partition coefficient (Wildman–Crippen LogP) is 4.32. The third-order valence-electron chi connectivity index (χ3n) is 3.53. The smallest absolute Gasteiger partial charge is 0.261 e. The van der Waals surface area contributed by atoms with Crippen molar-refractivity contribution >= 4 is 50.9 Å². The molecule has 2 aromatic heterocycles. The number of nitro benzene ring substituents is 1. The van der Waals surface area contributed by atoms with Crippen LogP contribution < -0.4 is 5.43 Å². The molecule has 0 saturated carbocycles. The van der Waals surface area contributed by atoms with Gasteiger partial charge >= 0.3 is 0 Å². The van der Waals surface area contributed by atoms with E-state index < -0.39 is 4.92 Å². The molecule has 1 aromatic carbocycles. The number of aryl methyl sites for hydroxylation is 2. The van der Waals surface area contributed by atoms with Gasteiger partial charge < -0.3 is 0 Å². The maximum atomic E-state index is 10.8. The zero-order valence-corrected chi connectivity index (χ0v) is 14.4. The van der Waals surface area contributed by atoms with Crippen LogP contribution in [0, 0.1) is 24.0 Å². The summed E-state index contributed by atoms with van der Waals surface area (Å²) in [5.41, 5.74) is 4.36. The van der Waals surface area contributed by atoms with Crippen molar-refractivity contribution < 1.29 is 4.92 Å². The van der Waals surface area contributed by atoms with E-state index in [4.69, 9.17) is 11.6 Å². The van der Waals surface area contributed by atoms with E-state index in [-0.39, 0.29) is 5.69 Å².